The fourth-order valence-electron chi connectivity index (χ4n) is 4.62. The largest absolute Gasteiger partial charge is 0.491 e. The van der Waals surface area contributed by atoms with Crippen LogP contribution in [-0.2, 0) is 10.2 Å². The van der Waals surface area contributed by atoms with Gasteiger partial charge in [0.25, 0.3) is 0 Å². The number of carbonyl (C=O) groups is 1. The summed E-state index contributed by atoms with van der Waals surface area (Å²) in [5, 5.41) is 0. The molecule has 0 radical (unpaired) electrons. The lowest BCUT2D eigenvalue weighted by atomic mass is 9.77. The van der Waals surface area contributed by atoms with Gasteiger partial charge in [-0.05, 0) is 31.7 Å². The SMILES string of the molecule is Cc1ccc2c(c1)C1(CO2)C(=O)N(CN2CCN(C)CC2)c2ccccc21.Cl. The number of ether oxygens (including phenoxy) is 1. The smallest absolute Gasteiger partial charge is 0.246 e. The van der Waals surface area contributed by atoms with Crippen molar-refractivity contribution >= 4 is 24.0 Å². The van der Waals surface area contributed by atoms with Gasteiger partial charge in [-0.15, -0.1) is 12.4 Å². The van der Waals surface area contributed by atoms with Gasteiger partial charge in [0.2, 0.25) is 5.91 Å². The summed E-state index contributed by atoms with van der Waals surface area (Å²) in [5.74, 6) is 0.983. The van der Waals surface area contributed by atoms with Crippen molar-refractivity contribution in [3.8, 4) is 5.75 Å². The van der Waals surface area contributed by atoms with Crippen molar-refractivity contribution in [2.45, 2.75) is 12.3 Å². The normalized spacial score (nSPS) is 24.1. The highest BCUT2D eigenvalue weighted by molar-refractivity contribution is 6.11. The van der Waals surface area contributed by atoms with E-state index >= 15 is 0 Å². The number of nitrogens with zero attached hydrogens (tertiary/aromatic N) is 3. The first-order valence-corrected chi connectivity index (χ1v) is 9.66. The zero-order chi connectivity index (χ0) is 18.6. The highest BCUT2D eigenvalue weighted by Crippen LogP contribution is 2.52. The molecule has 148 valence electrons. The Hall–Kier alpha value is -2.08. The van der Waals surface area contributed by atoms with Crippen LogP contribution >= 0.6 is 12.4 Å². The van der Waals surface area contributed by atoms with Crippen LogP contribution in [0.15, 0.2) is 42.5 Å². The van der Waals surface area contributed by atoms with Gasteiger partial charge >= 0.3 is 0 Å². The molecule has 5 nitrogen and oxygen atoms in total. The molecule has 2 aromatic carbocycles. The van der Waals surface area contributed by atoms with E-state index in [1.165, 1.54) is 0 Å². The first kappa shape index (κ1) is 19.2. The Balaban J connectivity index is 0.00000192. The number of rotatable bonds is 2. The average Bonchev–Trinajstić information content (AvgIpc) is 3.16. The molecule has 3 heterocycles. The Kier molecular flexibility index (Phi) is 4.86. The van der Waals surface area contributed by atoms with Crippen LogP contribution in [0.5, 0.6) is 5.75 Å². The van der Waals surface area contributed by atoms with Gasteiger partial charge in [-0.1, -0.05) is 35.9 Å². The summed E-state index contributed by atoms with van der Waals surface area (Å²) >= 11 is 0. The lowest BCUT2D eigenvalue weighted by Gasteiger charge is -2.35. The minimum Gasteiger partial charge on any atom is -0.491 e. The number of para-hydroxylation sites is 1. The molecule has 3 aliphatic rings. The summed E-state index contributed by atoms with van der Waals surface area (Å²) < 4.78 is 6.00. The van der Waals surface area contributed by atoms with Gasteiger partial charge in [-0.25, -0.2) is 0 Å². The summed E-state index contributed by atoms with van der Waals surface area (Å²) in [5.41, 5.74) is 3.57. The molecule has 1 unspecified atom stereocenters. The second-order valence-electron chi connectivity index (χ2n) is 8.01. The number of carbonyl (C=O) groups excluding carboxylic acids is 1. The van der Waals surface area contributed by atoms with E-state index in [1.54, 1.807) is 0 Å². The van der Waals surface area contributed by atoms with Gasteiger partial charge in [-0.2, -0.15) is 0 Å². The standard InChI is InChI=1S/C22H25N3O2.ClH/c1-16-7-8-20-18(13-16)22(14-27-20)17-5-3-4-6-19(17)25(21(22)26)15-24-11-9-23(2)10-12-24;/h3-8,13H,9-12,14-15H2,1-2H3;1H. The van der Waals surface area contributed by atoms with Gasteiger partial charge < -0.3 is 9.64 Å². The molecular weight excluding hydrogens is 374 g/mol. The molecule has 3 aliphatic heterocycles. The fourth-order valence-corrected chi connectivity index (χ4v) is 4.62. The first-order chi connectivity index (χ1) is 13.1. The van der Waals surface area contributed by atoms with Gasteiger partial charge in [0.1, 0.15) is 17.8 Å². The van der Waals surface area contributed by atoms with E-state index in [9.17, 15) is 4.79 Å². The third kappa shape index (κ3) is 2.72. The number of benzene rings is 2. The lowest BCUT2D eigenvalue weighted by molar-refractivity contribution is -0.122. The van der Waals surface area contributed by atoms with Crippen LogP contribution in [0.3, 0.4) is 0 Å². The molecule has 0 aromatic heterocycles. The Morgan fingerprint density at radius 1 is 1.04 bits per heavy atom. The third-order valence-corrected chi connectivity index (χ3v) is 6.24. The van der Waals surface area contributed by atoms with Gasteiger partial charge in [0.15, 0.2) is 0 Å². The Labute approximate surface area is 172 Å². The number of aryl methyl sites for hydroxylation is 1. The maximum atomic E-state index is 13.8. The number of hydrogen-bond donors (Lipinski definition) is 0. The molecule has 0 bridgehead atoms. The van der Waals surface area contributed by atoms with Crippen LogP contribution < -0.4 is 9.64 Å². The quantitative estimate of drug-likeness (QED) is 0.777. The Morgan fingerprint density at radius 2 is 1.79 bits per heavy atom. The number of anilines is 1. The van der Waals surface area contributed by atoms with Gasteiger partial charge in [0, 0.05) is 37.4 Å². The van der Waals surface area contributed by atoms with Crippen LogP contribution in [0, 0.1) is 6.92 Å². The van der Waals surface area contributed by atoms with Crippen molar-refractivity contribution in [1.82, 2.24) is 9.80 Å². The maximum Gasteiger partial charge on any atom is 0.246 e. The molecule has 1 spiro atoms. The molecule has 1 saturated heterocycles. The molecule has 1 amide bonds. The highest BCUT2D eigenvalue weighted by Gasteiger charge is 2.56. The number of likely N-dealkylation sites (N-methyl/N-ethyl adjacent to an activating group) is 1. The van der Waals surface area contributed by atoms with Crippen molar-refractivity contribution in [3.63, 3.8) is 0 Å². The topological polar surface area (TPSA) is 36.0 Å². The van der Waals surface area contributed by atoms with Crippen molar-refractivity contribution in [3.05, 3.63) is 59.2 Å². The van der Waals surface area contributed by atoms with Crippen molar-refractivity contribution in [2.24, 2.45) is 0 Å². The van der Waals surface area contributed by atoms with E-state index in [4.69, 9.17) is 4.74 Å². The summed E-state index contributed by atoms with van der Waals surface area (Å²) in [6, 6.07) is 14.4. The number of piperazine rings is 1. The van der Waals surface area contributed by atoms with E-state index in [1.807, 2.05) is 29.2 Å². The Morgan fingerprint density at radius 3 is 2.57 bits per heavy atom. The second-order valence-corrected chi connectivity index (χ2v) is 8.01. The third-order valence-electron chi connectivity index (χ3n) is 6.24. The minimum atomic E-state index is -0.704. The molecule has 2 aromatic rings. The number of hydrogen-bond acceptors (Lipinski definition) is 4. The molecule has 0 aliphatic carbocycles. The summed E-state index contributed by atoms with van der Waals surface area (Å²) in [7, 11) is 2.15. The predicted octanol–water partition coefficient (Wildman–Crippen LogP) is 2.65. The van der Waals surface area contributed by atoms with E-state index < -0.39 is 5.41 Å². The van der Waals surface area contributed by atoms with Gasteiger partial charge in [0.05, 0.1) is 6.67 Å². The van der Waals surface area contributed by atoms with Gasteiger partial charge in [-0.3, -0.25) is 14.6 Å². The molecule has 5 rings (SSSR count). The maximum absolute atomic E-state index is 13.8. The average molecular weight is 400 g/mol. The van der Waals surface area contributed by atoms with E-state index in [-0.39, 0.29) is 18.3 Å². The van der Waals surface area contributed by atoms with E-state index in [0.717, 1.165) is 54.3 Å². The molecule has 28 heavy (non-hydrogen) atoms. The monoisotopic (exact) mass is 399 g/mol. The van der Waals surface area contributed by atoms with E-state index in [0.29, 0.717) is 13.3 Å². The van der Waals surface area contributed by atoms with Crippen LogP contribution in [0.25, 0.3) is 0 Å². The van der Waals surface area contributed by atoms with Crippen LogP contribution in [0.2, 0.25) is 0 Å². The van der Waals surface area contributed by atoms with Crippen LogP contribution in [0.4, 0.5) is 5.69 Å². The highest BCUT2D eigenvalue weighted by atomic mass is 35.5. The minimum absolute atomic E-state index is 0. The zero-order valence-corrected chi connectivity index (χ0v) is 17.2. The lowest BCUT2D eigenvalue weighted by Crippen LogP contribution is -2.51. The van der Waals surface area contributed by atoms with Crippen molar-refractivity contribution in [2.75, 3.05) is 51.4 Å². The summed E-state index contributed by atoms with van der Waals surface area (Å²) in [6.45, 7) is 7.16. The molecule has 0 saturated carbocycles. The predicted molar refractivity (Wildman–Crippen MR) is 113 cm³/mol. The molecule has 6 heteroatoms. The van der Waals surface area contributed by atoms with Crippen LogP contribution in [0.1, 0.15) is 16.7 Å². The molecular formula is C22H26ClN3O2. The summed E-state index contributed by atoms with van der Waals surface area (Å²) in [4.78, 5) is 20.5. The first-order valence-electron chi connectivity index (χ1n) is 9.66. The summed E-state index contributed by atoms with van der Waals surface area (Å²) in [6.07, 6.45) is 0. The molecule has 1 fully saturated rings. The second kappa shape index (κ2) is 7.07. The molecule has 0 N–H and O–H groups in total. The Bertz CT molecular complexity index is 910. The number of amides is 1. The molecule has 1 atom stereocenters. The van der Waals surface area contributed by atoms with E-state index in [2.05, 4.69) is 42.0 Å². The number of fused-ring (bicyclic) bond motifs is 4. The van der Waals surface area contributed by atoms with Crippen molar-refractivity contribution in [1.29, 1.82) is 0 Å². The number of halogens is 1. The zero-order valence-electron chi connectivity index (χ0n) is 16.4. The van der Waals surface area contributed by atoms with Crippen molar-refractivity contribution < 1.29 is 9.53 Å². The van der Waals surface area contributed by atoms with Crippen LogP contribution in [-0.4, -0.2) is 62.2 Å². The fraction of sp³-hybridized carbons (Fsp3) is 0.409.